The van der Waals surface area contributed by atoms with Crippen molar-refractivity contribution in [2.45, 2.75) is 0 Å². The summed E-state index contributed by atoms with van der Waals surface area (Å²) in [7, 11) is 0. The number of benzene rings is 2. The Bertz CT molecular complexity index is 1170. The molecular weight excluding hydrogens is 366 g/mol. The van der Waals surface area contributed by atoms with Crippen molar-refractivity contribution in [3.05, 3.63) is 71.3 Å². The van der Waals surface area contributed by atoms with Gasteiger partial charge in [0.25, 0.3) is 11.8 Å². The number of ether oxygens (including phenoxy) is 1. The molecule has 0 radical (unpaired) electrons. The van der Waals surface area contributed by atoms with Crippen LogP contribution >= 0.6 is 0 Å². The van der Waals surface area contributed by atoms with E-state index >= 15 is 0 Å². The highest BCUT2D eigenvalue weighted by Crippen LogP contribution is 2.33. The SMILES string of the molecule is C#CCOc1ccc(/C=C(\C#N)c2ccccc2C#N)cc1N1C(=O)C=CC1=O. The molecule has 1 heterocycles. The third-order valence-electron chi connectivity index (χ3n) is 4.11. The fourth-order valence-corrected chi connectivity index (χ4v) is 2.83. The van der Waals surface area contributed by atoms with Crippen LogP contribution < -0.4 is 9.64 Å². The highest BCUT2D eigenvalue weighted by Gasteiger charge is 2.28. The van der Waals surface area contributed by atoms with E-state index in [1.54, 1.807) is 48.5 Å². The first-order valence-corrected chi connectivity index (χ1v) is 8.46. The monoisotopic (exact) mass is 379 g/mol. The second-order valence-corrected chi connectivity index (χ2v) is 5.89. The first kappa shape index (κ1) is 19.2. The molecule has 6 heteroatoms. The van der Waals surface area contributed by atoms with Crippen LogP contribution in [0.25, 0.3) is 11.6 Å². The van der Waals surface area contributed by atoms with Crippen LogP contribution in [0.3, 0.4) is 0 Å². The van der Waals surface area contributed by atoms with Gasteiger partial charge >= 0.3 is 0 Å². The highest BCUT2D eigenvalue weighted by molar-refractivity contribution is 6.28. The molecule has 0 bridgehead atoms. The summed E-state index contributed by atoms with van der Waals surface area (Å²) < 4.78 is 5.46. The van der Waals surface area contributed by atoms with Crippen molar-refractivity contribution >= 4 is 29.2 Å². The minimum Gasteiger partial charge on any atom is -0.479 e. The summed E-state index contributed by atoms with van der Waals surface area (Å²) in [6.07, 6.45) is 9.14. The quantitative estimate of drug-likeness (QED) is 0.344. The van der Waals surface area contributed by atoms with E-state index in [0.29, 0.717) is 16.7 Å². The summed E-state index contributed by atoms with van der Waals surface area (Å²) in [6, 6.07) is 15.7. The highest BCUT2D eigenvalue weighted by atomic mass is 16.5. The van der Waals surface area contributed by atoms with Crippen LogP contribution in [0.5, 0.6) is 5.75 Å². The molecule has 0 saturated carbocycles. The standard InChI is InChI=1S/C23H13N3O3/c1-2-11-29-21-8-7-16(13-20(21)26-22(27)9-10-23(26)28)12-18(15-25)19-6-4-3-5-17(19)14-24/h1,3-10,12-13H,11H2/b18-12+. The first-order chi connectivity index (χ1) is 14.1. The number of hydrogen-bond acceptors (Lipinski definition) is 5. The van der Waals surface area contributed by atoms with Gasteiger partial charge in [-0.2, -0.15) is 10.5 Å². The number of hydrogen-bond donors (Lipinski definition) is 0. The Morgan fingerprint density at radius 3 is 2.48 bits per heavy atom. The zero-order valence-corrected chi connectivity index (χ0v) is 15.1. The van der Waals surface area contributed by atoms with Crippen LogP contribution in [0.2, 0.25) is 0 Å². The Balaban J connectivity index is 2.10. The topological polar surface area (TPSA) is 94.2 Å². The molecule has 6 nitrogen and oxygen atoms in total. The Morgan fingerprint density at radius 1 is 1.10 bits per heavy atom. The van der Waals surface area contributed by atoms with Crippen LogP contribution in [-0.2, 0) is 9.59 Å². The summed E-state index contributed by atoms with van der Waals surface area (Å²) in [4.78, 5) is 25.2. The van der Waals surface area contributed by atoms with Gasteiger partial charge in [-0.25, -0.2) is 4.90 Å². The van der Waals surface area contributed by atoms with Crippen molar-refractivity contribution in [1.29, 1.82) is 10.5 Å². The summed E-state index contributed by atoms with van der Waals surface area (Å²) in [5.74, 6) is 1.59. The second-order valence-electron chi connectivity index (χ2n) is 5.89. The van der Waals surface area contributed by atoms with E-state index in [1.165, 1.54) is 12.2 Å². The number of nitrogens with zero attached hydrogens (tertiary/aromatic N) is 3. The van der Waals surface area contributed by atoms with Crippen molar-refractivity contribution in [2.24, 2.45) is 0 Å². The number of allylic oxidation sites excluding steroid dienone is 1. The number of imide groups is 1. The maximum Gasteiger partial charge on any atom is 0.258 e. The molecule has 2 aromatic carbocycles. The van der Waals surface area contributed by atoms with Gasteiger partial charge < -0.3 is 4.74 Å². The molecule has 0 N–H and O–H groups in total. The van der Waals surface area contributed by atoms with Gasteiger partial charge in [0.2, 0.25) is 0 Å². The van der Waals surface area contributed by atoms with Crippen LogP contribution in [0.1, 0.15) is 16.7 Å². The summed E-state index contributed by atoms with van der Waals surface area (Å²) in [6.45, 7) is -0.0369. The predicted molar refractivity (Wildman–Crippen MR) is 107 cm³/mol. The van der Waals surface area contributed by atoms with Gasteiger partial charge in [0.1, 0.15) is 12.4 Å². The van der Waals surface area contributed by atoms with E-state index in [2.05, 4.69) is 18.1 Å². The molecule has 1 aliphatic rings. The molecule has 0 fully saturated rings. The van der Waals surface area contributed by atoms with Gasteiger partial charge in [-0.1, -0.05) is 30.2 Å². The van der Waals surface area contributed by atoms with E-state index in [4.69, 9.17) is 11.2 Å². The van der Waals surface area contributed by atoms with E-state index in [9.17, 15) is 20.1 Å². The maximum atomic E-state index is 12.1. The second kappa shape index (κ2) is 8.39. The molecule has 2 aromatic rings. The van der Waals surface area contributed by atoms with Gasteiger partial charge in [0.15, 0.2) is 0 Å². The molecule has 1 aliphatic heterocycles. The van der Waals surface area contributed by atoms with Crippen molar-refractivity contribution in [3.8, 4) is 30.2 Å². The average molecular weight is 379 g/mol. The minimum atomic E-state index is -0.503. The van der Waals surface area contributed by atoms with Crippen molar-refractivity contribution in [3.63, 3.8) is 0 Å². The van der Waals surface area contributed by atoms with Crippen molar-refractivity contribution < 1.29 is 14.3 Å². The Kier molecular flexibility index (Phi) is 5.55. The fraction of sp³-hybridized carbons (Fsp3) is 0.0435. The predicted octanol–water partition coefficient (Wildman–Crippen LogP) is 3.06. The van der Waals surface area contributed by atoms with E-state index < -0.39 is 11.8 Å². The molecule has 3 rings (SSSR count). The third-order valence-corrected chi connectivity index (χ3v) is 4.11. The molecule has 0 aliphatic carbocycles. The Hall–Kier alpha value is -4.60. The van der Waals surface area contributed by atoms with Gasteiger partial charge in [-0.05, 0) is 29.8 Å². The van der Waals surface area contributed by atoms with Crippen LogP contribution in [-0.4, -0.2) is 18.4 Å². The number of anilines is 1. The molecule has 0 atom stereocenters. The lowest BCUT2D eigenvalue weighted by molar-refractivity contribution is -0.120. The zero-order chi connectivity index (χ0) is 20.8. The largest absolute Gasteiger partial charge is 0.479 e. The molecule has 0 saturated heterocycles. The lowest BCUT2D eigenvalue weighted by Crippen LogP contribution is -2.30. The number of carbonyl (C=O) groups excluding carboxylic acids is 2. The van der Waals surface area contributed by atoms with Crippen LogP contribution in [0.4, 0.5) is 5.69 Å². The van der Waals surface area contributed by atoms with Gasteiger partial charge in [0.05, 0.1) is 29.0 Å². The zero-order valence-electron chi connectivity index (χ0n) is 15.1. The average Bonchev–Trinajstić information content (AvgIpc) is 3.08. The number of carbonyl (C=O) groups is 2. The van der Waals surface area contributed by atoms with E-state index in [0.717, 1.165) is 4.90 Å². The Labute approximate surface area is 167 Å². The van der Waals surface area contributed by atoms with Crippen LogP contribution in [0, 0.1) is 35.0 Å². The van der Waals surface area contributed by atoms with Gasteiger partial charge in [0, 0.05) is 17.7 Å². The third kappa shape index (κ3) is 3.90. The van der Waals surface area contributed by atoms with Gasteiger partial charge in [-0.15, -0.1) is 6.42 Å². The summed E-state index contributed by atoms with van der Waals surface area (Å²) >= 11 is 0. The van der Waals surface area contributed by atoms with E-state index in [-0.39, 0.29) is 23.6 Å². The van der Waals surface area contributed by atoms with E-state index in [1.807, 2.05) is 0 Å². The fourth-order valence-electron chi connectivity index (χ4n) is 2.83. The number of amides is 2. The molecular formula is C23H13N3O3. The summed E-state index contributed by atoms with van der Waals surface area (Å²) in [5.41, 5.74) is 1.89. The lowest BCUT2D eigenvalue weighted by Gasteiger charge is -2.18. The molecule has 0 aromatic heterocycles. The normalized spacial score (nSPS) is 13.0. The number of terminal acetylenes is 1. The van der Waals surface area contributed by atoms with Crippen LogP contribution in [0.15, 0.2) is 54.6 Å². The molecule has 138 valence electrons. The van der Waals surface area contributed by atoms with Gasteiger partial charge in [-0.3, -0.25) is 9.59 Å². The number of nitriles is 2. The molecule has 0 spiro atoms. The molecule has 2 amide bonds. The van der Waals surface area contributed by atoms with Crippen molar-refractivity contribution in [1.82, 2.24) is 0 Å². The minimum absolute atomic E-state index is 0.0369. The first-order valence-electron chi connectivity index (χ1n) is 8.46. The number of rotatable bonds is 5. The Morgan fingerprint density at radius 2 is 1.83 bits per heavy atom. The lowest BCUT2D eigenvalue weighted by atomic mass is 9.99. The summed E-state index contributed by atoms with van der Waals surface area (Å²) in [5, 5.41) is 18.9. The molecule has 29 heavy (non-hydrogen) atoms. The molecule has 0 unspecified atom stereocenters. The maximum absolute atomic E-state index is 12.1. The van der Waals surface area contributed by atoms with Crippen molar-refractivity contribution in [2.75, 3.05) is 11.5 Å². The smallest absolute Gasteiger partial charge is 0.258 e.